The fraction of sp³-hybridized carbons (Fsp3) is 0.417. The third kappa shape index (κ3) is 2.74. The first-order valence-corrected chi connectivity index (χ1v) is 5.61. The topological polar surface area (TPSA) is 72.4 Å². The van der Waals surface area contributed by atoms with Gasteiger partial charge in [0.1, 0.15) is 5.82 Å². The summed E-state index contributed by atoms with van der Waals surface area (Å²) < 4.78 is 12.8. The highest BCUT2D eigenvalue weighted by Gasteiger charge is 2.27. The van der Waals surface area contributed by atoms with Gasteiger partial charge < -0.3 is 16.4 Å². The minimum absolute atomic E-state index is 0.0775. The molecule has 0 aliphatic carbocycles. The molecule has 2 rings (SSSR count). The SMILES string of the molecule is NC(=O)N1CC(N)CC(c2ccc(F)cc2)C1. The van der Waals surface area contributed by atoms with Gasteiger partial charge in [0, 0.05) is 25.0 Å². The van der Waals surface area contributed by atoms with E-state index in [0.29, 0.717) is 13.1 Å². The molecule has 4 nitrogen and oxygen atoms in total. The van der Waals surface area contributed by atoms with Crippen LogP contribution in [0.15, 0.2) is 24.3 Å². The van der Waals surface area contributed by atoms with Gasteiger partial charge in [0.2, 0.25) is 0 Å². The molecule has 2 amide bonds. The minimum Gasteiger partial charge on any atom is -0.351 e. The van der Waals surface area contributed by atoms with Crippen LogP contribution in [0.25, 0.3) is 0 Å². The van der Waals surface area contributed by atoms with Crippen LogP contribution in [0.3, 0.4) is 0 Å². The Hall–Kier alpha value is -1.62. The Kier molecular flexibility index (Phi) is 3.28. The van der Waals surface area contributed by atoms with Crippen molar-refractivity contribution in [3.8, 4) is 0 Å². The Labute approximate surface area is 99.4 Å². The third-order valence-corrected chi connectivity index (χ3v) is 3.14. The van der Waals surface area contributed by atoms with Crippen LogP contribution in [0, 0.1) is 5.82 Å². The van der Waals surface area contributed by atoms with Crippen LogP contribution in [0.4, 0.5) is 9.18 Å². The lowest BCUT2D eigenvalue weighted by Crippen LogP contribution is -2.50. The lowest BCUT2D eigenvalue weighted by Gasteiger charge is -2.35. The summed E-state index contributed by atoms with van der Waals surface area (Å²) in [5, 5.41) is 0. The van der Waals surface area contributed by atoms with Gasteiger partial charge in [-0.25, -0.2) is 9.18 Å². The van der Waals surface area contributed by atoms with Crippen molar-refractivity contribution in [3.63, 3.8) is 0 Å². The van der Waals surface area contributed by atoms with Gasteiger partial charge in [0.05, 0.1) is 0 Å². The van der Waals surface area contributed by atoms with Crippen molar-refractivity contribution >= 4 is 6.03 Å². The molecule has 4 N–H and O–H groups in total. The van der Waals surface area contributed by atoms with Crippen molar-refractivity contribution in [2.24, 2.45) is 11.5 Å². The number of urea groups is 1. The predicted molar refractivity (Wildman–Crippen MR) is 62.9 cm³/mol. The Morgan fingerprint density at radius 2 is 1.94 bits per heavy atom. The van der Waals surface area contributed by atoms with E-state index in [4.69, 9.17) is 11.5 Å². The highest BCUT2D eigenvalue weighted by atomic mass is 19.1. The van der Waals surface area contributed by atoms with E-state index in [1.54, 1.807) is 17.0 Å². The summed E-state index contributed by atoms with van der Waals surface area (Å²) in [6.07, 6.45) is 0.787. The number of benzene rings is 1. The minimum atomic E-state index is -0.452. The summed E-state index contributed by atoms with van der Waals surface area (Å²) in [6, 6.07) is 5.78. The van der Waals surface area contributed by atoms with Gasteiger partial charge in [-0.3, -0.25) is 0 Å². The number of nitrogens with two attached hydrogens (primary N) is 2. The number of carbonyl (C=O) groups excluding carboxylic acids is 1. The number of hydrogen-bond acceptors (Lipinski definition) is 2. The Morgan fingerprint density at radius 1 is 1.29 bits per heavy atom. The van der Waals surface area contributed by atoms with Gasteiger partial charge in [0.15, 0.2) is 0 Å². The third-order valence-electron chi connectivity index (χ3n) is 3.14. The van der Waals surface area contributed by atoms with Gasteiger partial charge in [-0.2, -0.15) is 0 Å². The molecule has 1 fully saturated rings. The Morgan fingerprint density at radius 3 is 2.53 bits per heavy atom. The molecule has 2 atom stereocenters. The van der Waals surface area contributed by atoms with Gasteiger partial charge in [-0.05, 0) is 24.1 Å². The number of likely N-dealkylation sites (tertiary alicyclic amines) is 1. The molecule has 0 saturated carbocycles. The summed E-state index contributed by atoms with van der Waals surface area (Å²) in [5.41, 5.74) is 12.2. The zero-order chi connectivity index (χ0) is 12.4. The Bertz CT molecular complexity index is 407. The molecule has 0 bridgehead atoms. The van der Waals surface area contributed by atoms with E-state index < -0.39 is 6.03 Å². The molecule has 92 valence electrons. The standard InChI is InChI=1S/C12H16FN3O/c13-10-3-1-8(2-4-10)9-5-11(14)7-16(6-9)12(15)17/h1-4,9,11H,5-7,14H2,(H2,15,17). The number of hydrogen-bond donors (Lipinski definition) is 2. The number of nitrogens with zero attached hydrogens (tertiary/aromatic N) is 1. The van der Waals surface area contributed by atoms with Crippen molar-refractivity contribution in [1.82, 2.24) is 4.90 Å². The summed E-state index contributed by atoms with van der Waals surface area (Å²) in [4.78, 5) is 12.7. The first-order valence-electron chi connectivity index (χ1n) is 5.61. The first kappa shape index (κ1) is 11.9. The first-order chi connectivity index (χ1) is 8.06. The van der Waals surface area contributed by atoms with Crippen LogP contribution in [-0.2, 0) is 0 Å². The van der Waals surface area contributed by atoms with Gasteiger partial charge in [-0.1, -0.05) is 12.1 Å². The highest BCUT2D eigenvalue weighted by molar-refractivity contribution is 5.72. The van der Waals surface area contributed by atoms with E-state index in [0.717, 1.165) is 12.0 Å². The van der Waals surface area contributed by atoms with E-state index >= 15 is 0 Å². The maximum Gasteiger partial charge on any atom is 0.314 e. The molecule has 0 aromatic heterocycles. The predicted octanol–water partition coefficient (Wildman–Crippen LogP) is 1.02. The quantitative estimate of drug-likeness (QED) is 0.765. The average Bonchev–Trinajstić information content (AvgIpc) is 2.29. The normalized spacial score (nSPS) is 24.7. The molecule has 1 heterocycles. The van der Waals surface area contributed by atoms with Gasteiger partial charge in [-0.15, -0.1) is 0 Å². The van der Waals surface area contributed by atoms with E-state index in [1.165, 1.54) is 12.1 Å². The fourth-order valence-corrected chi connectivity index (χ4v) is 2.29. The maximum atomic E-state index is 12.8. The number of rotatable bonds is 1. The number of carbonyl (C=O) groups is 1. The molecule has 1 saturated heterocycles. The van der Waals surface area contributed by atoms with Gasteiger partial charge >= 0.3 is 6.03 Å². The Balaban J connectivity index is 2.15. The van der Waals surface area contributed by atoms with Crippen LogP contribution in [0.5, 0.6) is 0 Å². The molecule has 0 radical (unpaired) electrons. The zero-order valence-corrected chi connectivity index (χ0v) is 9.47. The van der Waals surface area contributed by atoms with Crippen molar-refractivity contribution in [2.45, 2.75) is 18.4 Å². The van der Waals surface area contributed by atoms with Crippen LogP contribution in [0.2, 0.25) is 0 Å². The molecule has 1 aromatic rings. The second-order valence-electron chi connectivity index (χ2n) is 4.49. The van der Waals surface area contributed by atoms with Crippen LogP contribution in [-0.4, -0.2) is 30.1 Å². The molecular formula is C12H16FN3O. The summed E-state index contributed by atoms with van der Waals surface area (Å²) in [6.45, 7) is 1.04. The smallest absolute Gasteiger partial charge is 0.314 e. The molecule has 0 spiro atoms. The molecule has 1 aliphatic rings. The zero-order valence-electron chi connectivity index (χ0n) is 9.47. The molecule has 1 aromatic carbocycles. The molecule has 17 heavy (non-hydrogen) atoms. The summed E-state index contributed by atoms with van der Waals surface area (Å²) >= 11 is 0. The van der Waals surface area contributed by atoms with Crippen LogP contribution >= 0.6 is 0 Å². The molecule has 1 aliphatic heterocycles. The summed E-state index contributed by atoms with van der Waals surface area (Å²) in [7, 11) is 0. The number of amides is 2. The molecular weight excluding hydrogens is 221 g/mol. The number of halogens is 1. The fourth-order valence-electron chi connectivity index (χ4n) is 2.29. The second kappa shape index (κ2) is 4.71. The lowest BCUT2D eigenvalue weighted by atomic mass is 9.88. The lowest BCUT2D eigenvalue weighted by molar-refractivity contribution is 0.180. The second-order valence-corrected chi connectivity index (χ2v) is 4.49. The van der Waals surface area contributed by atoms with Crippen LogP contribution in [0.1, 0.15) is 17.9 Å². The van der Waals surface area contributed by atoms with Crippen LogP contribution < -0.4 is 11.5 Å². The van der Waals surface area contributed by atoms with E-state index in [-0.39, 0.29) is 17.8 Å². The van der Waals surface area contributed by atoms with E-state index in [1.807, 2.05) is 0 Å². The molecule has 5 heteroatoms. The number of piperidine rings is 1. The van der Waals surface area contributed by atoms with Crippen molar-refractivity contribution < 1.29 is 9.18 Å². The molecule has 2 unspecified atom stereocenters. The van der Waals surface area contributed by atoms with Gasteiger partial charge in [0.25, 0.3) is 0 Å². The van der Waals surface area contributed by atoms with Crippen molar-refractivity contribution in [1.29, 1.82) is 0 Å². The van der Waals surface area contributed by atoms with E-state index in [2.05, 4.69) is 0 Å². The highest BCUT2D eigenvalue weighted by Crippen LogP contribution is 2.26. The monoisotopic (exact) mass is 237 g/mol. The summed E-state index contributed by atoms with van der Waals surface area (Å²) in [5.74, 6) is -0.132. The largest absolute Gasteiger partial charge is 0.351 e. The maximum absolute atomic E-state index is 12.8. The van der Waals surface area contributed by atoms with E-state index in [9.17, 15) is 9.18 Å². The van der Waals surface area contributed by atoms with Crippen molar-refractivity contribution in [3.05, 3.63) is 35.6 Å². The number of primary amides is 1. The average molecular weight is 237 g/mol. The van der Waals surface area contributed by atoms with Crippen molar-refractivity contribution in [2.75, 3.05) is 13.1 Å².